The molecule has 0 spiro atoms. The minimum Gasteiger partial charge on any atom is -0.390 e. The minimum atomic E-state index is 0.0782. The molecule has 0 amide bonds. The quantitative estimate of drug-likeness (QED) is 0.905. The van der Waals surface area contributed by atoms with Gasteiger partial charge in [-0.25, -0.2) is 0 Å². The van der Waals surface area contributed by atoms with Crippen molar-refractivity contribution in [3.05, 3.63) is 29.3 Å². The van der Waals surface area contributed by atoms with Crippen LogP contribution in [0, 0.1) is 0 Å². The summed E-state index contributed by atoms with van der Waals surface area (Å²) in [6.07, 6.45) is 4.95. The molecular weight excluding hydrogens is 232 g/mol. The Kier molecular flexibility index (Phi) is 2.99. The van der Waals surface area contributed by atoms with E-state index in [1.54, 1.807) is 11.3 Å². The van der Waals surface area contributed by atoms with Gasteiger partial charge in [0.15, 0.2) is 0 Å². The normalized spacial score (nSPS) is 16.8. The summed E-state index contributed by atoms with van der Waals surface area (Å²) in [5, 5.41) is 16.2. The predicted molar refractivity (Wildman–Crippen MR) is 69.0 cm³/mol. The molecule has 2 heterocycles. The Hall–Kier alpha value is -1.13. The summed E-state index contributed by atoms with van der Waals surface area (Å²) >= 11 is 1.69. The number of aliphatic hydroxyl groups excluding tert-OH is 1. The van der Waals surface area contributed by atoms with Gasteiger partial charge < -0.3 is 5.11 Å². The topological polar surface area (TPSA) is 38.1 Å². The highest BCUT2D eigenvalue weighted by Crippen LogP contribution is 2.32. The van der Waals surface area contributed by atoms with E-state index in [-0.39, 0.29) is 6.61 Å². The molecule has 1 fully saturated rings. The molecule has 0 radical (unpaired) electrons. The molecule has 0 aliphatic heterocycles. The molecular formula is C13H16N2OS. The molecule has 0 bridgehead atoms. The molecule has 0 aromatic carbocycles. The zero-order valence-electron chi connectivity index (χ0n) is 9.67. The fourth-order valence-electron chi connectivity index (χ4n) is 2.56. The molecule has 0 atom stereocenters. The largest absolute Gasteiger partial charge is 0.390 e. The predicted octanol–water partition coefficient (Wildman–Crippen LogP) is 3.22. The Balaban J connectivity index is 1.97. The van der Waals surface area contributed by atoms with Crippen molar-refractivity contribution in [3.63, 3.8) is 0 Å². The van der Waals surface area contributed by atoms with E-state index in [4.69, 9.17) is 0 Å². The number of aliphatic hydroxyl groups is 1. The lowest BCUT2D eigenvalue weighted by Crippen LogP contribution is -2.10. The first-order valence-corrected chi connectivity index (χ1v) is 6.99. The smallest absolute Gasteiger partial charge is 0.103 e. The number of nitrogens with zero attached hydrogens (tertiary/aromatic N) is 2. The van der Waals surface area contributed by atoms with Crippen LogP contribution in [-0.2, 0) is 6.61 Å². The molecule has 2 aromatic heterocycles. The molecule has 0 unspecified atom stereocenters. The molecule has 4 heteroatoms. The molecule has 3 rings (SSSR count). The highest BCUT2D eigenvalue weighted by molar-refractivity contribution is 7.13. The van der Waals surface area contributed by atoms with Crippen molar-refractivity contribution < 1.29 is 5.11 Å². The molecule has 1 aliphatic rings. The molecule has 3 nitrogen and oxygen atoms in total. The summed E-state index contributed by atoms with van der Waals surface area (Å²) in [5.41, 5.74) is 1.94. The molecule has 0 saturated heterocycles. The van der Waals surface area contributed by atoms with Gasteiger partial charge in [-0.15, -0.1) is 11.3 Å². The molecule has 1 saturated carbocycles. The molecule has 90 valence electrons. The van der Waals surface area contributed by atoms with Crippen molar-refractivity contribution >= 4 is 11.3 Å². The van der Waals surface area contributed by atoms with E-state index >= 15 is 0 Å². The number of aromatic nitrogens is 2. The van der Waals surface area contributed by atoms with Gasteiger partial charge in [-0.2, -0.15) is 5.10 Å². The Morgan fingerprint density at radius 1 is 1.41 bits per heavy atom. The van der Waals surface area contributed by atoms with Gasteiger partial charge in [0, 0.05) is 0 Å². The molecule has 1 aliphatic carbocycles. The van der Waals surface area contributed by atoms with Gasteiger partial charge in [-0.3, -0.25) is 4.68 Å². The van der Waals surface area contributed by atoms with Crippen LogP contribution in [-0.4, -0.2) is 14.9 Å². The van der Waals surface area contributed by atoms with Gasteiger partial charge >= 0.3 is 0 Å². The number of rotatable bonds is 3. The average molecular weight is 248 g/mol. The Morgan fingerprint density at radius 3 is 2.88 bits per heavy atom. The van der Waals surface area contributed by atoms with E-state index < -0.39 is 0 Å². The number of hydrogen-bond donors (Lipinski definition) is 1. The van der Waals surface area contributed by atoms with E-state index in [1.807, 2.05) is 16.8 Å². The second-order valence-corrected chi connectivity index (χ2v) is 5.49. The van der Waals surface area contributed by atoms with Gasteiger partial charge in [0.1, 0.15) is 5.69 Å². The second-order valence-electron chi connectivity index (χ2n) is 4.54. The summed E-state index contributed by atoms with van der Waals surface area (Å²) in [6, 6.07) is 6.62. The molecule has 1 N–H and O–H groups in total. The van der Waals surface area contributed by atoms with Gasteiger partial charge in [-0.1, -0.05) is 18.9 Å². The average Bonchev–Trinajstić information content (AvgIpc) is 3.09. The number of thiophene rings is 1. The maximum Gasteiger partial charge on any atom is 0.103 e. The SMILES string of the molecule is OCc1cc(-c2cccs2)nn1C1CCCC1. The first-order valence-electron chi connectivity index (χ1n) is 6.11. The third kappa shape index (κ3) is 2.03. The summed E-state index contributed by atoms with van der Waals surface area (Å²) in [5.74, 6) is 0. The van der Waals surface area contributed by atoms with Crippen molar-refractivity contribution in [1.29, 1.82) is 0 Å². The third-order valence-corrected chi connectivity index (χ3v) is 4.31. The van der Waals surface area contributed by atoms with Crippen LogP contribution in [0.2, 0.25) is 0 Å². The minimum absolute atomic E-state index is 0.0782. The Morgan fingerprint density at radius 2 is 2.24 bits per heavy atom. The fourth-order valence-corrected chi connectivity index (χ4v) is 3.24. The van der Waals surface area contributed by atoms with Crippen LogP contribution in [0.4, 0.5) is 0 Å². The standard InChI is InChI=1S/C13H16N2OS/c16-9-11-8-12(13-6-3-7-17-13)14-15(11)10-4-1-2-5-10/h3,6-8,10,16H,1-2,4-5,9H2. The first-order chi connectivity index (χ1) is 8.38. The zero-order chi connectivity index (χ0) is 11.7. The van der Waals surface area contributed by atoms with Gasteiger partial charge in [-0.05, 0) is 30.4 Å². The van der Waals surface area contributed by atoms with Crippen LogP contribution in [0.3, 0.4) is 0 Å². The number of hydrogen-bond acceptors (Lipinski definition) is 3. The van der Waals surface area contributed by atoms with Crippen LogP contribution in [0.5, 0.6) is 0 Å². The van der Waals surface area contributed by atoms with Crippen molar-refractivity contribution in [2.75, 3.05) is 0 Å². The van der Waals surface area contributed by atoms with Crippen LogP contribution < -0.4 is 0 Å². The summed E-state index contributed by atoms with van der Waals surface area (Å²) in [7, 11) is 0. The van der Waals surface area contributed by atoms with E-state index in [9.17, 15) is 5.11 Å². The molecule has 17 heavy (non-hydrogen) atoms. The second kappa shape index (κ2) is 4.63. The Labute approximate surface area is 105 Å². The van der Waals surface area contributed by atoms with E-state index in [2.05, 4.69) is 16.5 Å². The maximum atomic E-state index is 9.43. The highest BCUT2D eigenvalue weighted by Gasteiger charge is 2.21. The summed E-state index contributed by atoms with van der Waals surface area (Å²) < 4.78 is 2.04. The Bertz CT molecular complexity index is 483. The van der Waals surface area contributed by atoms with Crippen LogP contribution in [0.1, 0.15) is 37.4 Å². The van der Waals surface area contributed by atoms with Crippen LogP contribution >= 0.6 is 11.3 Å². The zero-order valence-corrected chi connectivity index (χ0v) is 10.5. The fraction of sp³-hybridized carbons (Fsp3) is 0.462. The van der Waals surface area contributed by atoms with Crippen molar-refractivity contribution in [1.82, 2.24) is 9.78 Å². The highest BCUT2D eigenvalue weighted by atomic mass is 32.1. The van der Waals surface area contributed by atoms with E-state index in [1.165, 1.54) is 30.6 Å². The van der Waals surface area contributed by atoms with Crippen LogP contribution in [0.15, 0.2) is 23.6 Å². The van der Waals surface area contributed by atoms with Gasteiger partial charge in [0.2, 0.25) is 0 Å². The lowest BCUT2D eigenvalue weighted by molar-refractivity contribution is 0.261. The maximum absolute atomic E-state index is 9.43. The monoisotopic (exact) mass is 248 g/mol. The van der Waals surface area contributed by atoms with Gasteiger partial charge in [0.25, 0.3) is 0 Å². The summed E-state index contributed by atoms with van der Waals surface area (Å²) in [6.45, 7) is 0.0782. The summed E-state index contributed by atoms with van der Waals surface area (Å²) in [4.78, 5) is 1.18. The van der Waals surface area contributed by atoms with E-state index in [0.29, 0.717) is 6.04 Å². The van der Waals surface area contributed by atoms with Crippen molar-refractivity contribution in [2.24, 2.45) is 0 Å². The first kappa shape index (κ1) is 11.0. The van der Waals surface area contributed by atoms with E-state index in [0.717, 1.165) is 11.4 Å². The van der Waals surface area contributed by atoms with Gasteiger partial charge in [0.05, 0.1) is 23.2 Å². The third-order valence-electron chi connectivity index (χ3n) is 3.42. The lowest BCUT2D eigenvalue weighted by atomic mass is 10.2. The van der Waals surface area contributed by atoms with Crippen molar-refractivity contribution in [3.8, 4) is 10.6 Å². The lowest BCUT2D eigenvalue weighted by Gasteiger charge is -2.12. The van der Waals surface area contributed by atoms with Crippen molar-refractivity contribution in [2.45, 2.75) is 38.3 Å². The van der Waals surface area contributed by atoms with Crippen LogP contribution in [0.25, 0.3) is 10.6 Å². The molecule has 2 aromatic rings.